The van der Waals surface area contributed by atoms with Crippen LogP contribution in [-0.2, 0) is 5.75 Å². The molecule has 0 spiro atoms. The molecule has 2 heterocycles. The van der Waals surface area contributed by atoms with Crippen molar-refractivity contribution in [1.82, 2.24) is 14.5 Å². The standard InChI is InChI=1S/C28H26FN3O2S/c1-19-7-5-8-20(15-19)18-35-28-30-25-16-21(26(33)31-13-3-2-4-14-31)11-12-24(25)27(34)32(28)23-10-6-9-22(29)17-23/h5-12,15-17H,2-4,13-14,18H2,1H3. The Hall–Kier alpha value is -3.45. The van der Waals surface area contributed by atoms with Gasteiger partial charge in [-0.05, 0) is 68.1 Å². The zero-order valence-corrected chi connectivity index (χ0v) is 20.4. The highest BCUT2D eigenvalue weighted by Crippen LogP contribution is 2.26. The first-order valence-electron chi connectivity index (χ1n) is 11.8. The molecule has 4 aromatic rings. The van der Waals surface area contributed by atoms with E-state index in [9.17, 15) is 14.0 Å². The molecule has 35 heavy (non-hydrogen) atoms. The minimum Gasteiger partial charge on any atom is -0.339 e. The average Bonchev–Trinajstić information content (AvgIpc) is 2.87. The Labute approximate surface area is 207 Å². The van der Waals surface area contributed by atoms with Gasteiger partial charge in [0.25, 0.3) is 11.5 Å². The first-order chi connectivity index (χ1) is 17.0. The lowest BCUT2D eigenvalue weighted by molar-refractivity contribution is 0.0724. The average molecular weight is 488 g/mol. The number of hydrogen-bond donors (Lipinski definition) is 0. The maximum atomic E-state index is 14.1. The Bertz CT molecular complexity index is 1460. The van der Waals surface area contributed by atoms with Crippen LogP contribution in [0.25, 0.3) is 16.6 Å². The number of carbonyl (C=O) groups excluding carboxylic acids is 1. The number of rotatable bonds is 5. The Morgan fingerprint density at radius 1 is 1.00 bits per heavy atom. The molecule has 3 aromatic carbocycles. The van der Waals surface area contributed by atoms with Crippen molar-refractivity contribution in [3.63, 3.8) is 0 Å². The number of likely N-dealkylation sites (tertiary alicyclic amines) is 1. The second-order valence-electron chi connectivity index (χ2n) is 8.88. The van der Waals surface area contributed by atoms with Gasteiger partial charge in [0.1, 0.15) is 5.82 Å². The molecule has 0 N–H and O–H groups in total. The SMILES string of the molecule is Cc1cccc(CSc2nc3cc(C(=O)N4CCCCC4)ccc3c(=O)n2-c2cccc(F)c2)c1. The van der Waals surface area contributed by atoms with Crippen molar-refractivity contribution in [3.8, 4) is 5.69 Å². The minimum absolute atomic E-state index is 0.0309. The summed E-state index contributed by atoms with van der Waals surface area (Å²) in [7, 11) is 0. The number of aryl methyl sites for hydroxylation is 1. The molecule has 0 bridgehead atoms. The summed E-state index contributed by atoms with van der Waals surface area (Å²) in [5, 5.41) is 0.849. The maximum absolute atomic E-state index is 14.1. The first-order valence-corrected chi connectivity index (χ1v) is 12.8. The molecular formula is C28H26FN3O2S. The van der Waals surface area contributed by atoms with E-state index < -0.39 is 5.82 Å². The molecule has 0 unspecified atom stereocenters. The largest absolute Gasteiger partial charge is 0.339 e. The van der Waals surface area contributed by atoms with Gasteiger partial charge < -0.3 is 4.90 Å². The number of piperidine rings is 1. The van der Waals surface area contributed by atoms with Crippen LogP contribution in [0.15, 0.2) is 76.7 Å². The highest BCUT2D eigenvalue weighted by Gasteiger charge is 2.20. The fourth-order valence-electron chi connectivity index (χ4n) is 4.47. The van der Waals surface area contributed by atoms with Gasteiger partial charge in [-0.25, -0.2) is 9.37 Å². The summed E-state index contributed by atoms with van der Waals surface area (Å²) in [6.07, 6.45) is 3.16. The second-order valence-corrected chi connectivity index (χ2v) is 9.82. The Kier molecular flexibility index (Phi) is 6.68. The number of carbonyl (C=O) groups is 1. The fraction of sp³-hybridized carbons (Fsp3) is 0.250. The third kappa shape index (κ3) is 5.00. The van der Waals surface area contributed by atoms with Crippen molar-refractivity contribution in [2.75, 3.05) is 13.1 Å². The topological polar surface area (TPSA) is 55.2 Å². The summed E-state index contributed by atoms with van der Waals surface area (Å²) < 4.78 is 15.5. The molecule has 0 radical (unpaired) electrons. The third-order valence-corrected chi connectivity index (χ3v) is 7.26. The van der Waals surface area contributed by atoms with Gasteiger partial charge in [0.15, 0.2) is 5.16 Å². The van der Waals surface area contributed by atoms with Crippen molar-refractivity contribution in [1.29, 1.82) is 0 Å². The molecule has 1 fully saturated rings. The van der Waals surface area contributed by atoms with Gasteiger partial charge in [-0.3, -0.25) is 14.2 Å². The van der Waals surface area contributed by atoms with E-state index in [4.69, 9.17) is 4.98 Å². The lowest BCUT2D eigenvalue weighted by Gasteiger charge is -2.26. The molecule has 0 saturated carbocycles. The molecule has 5 nitrogen and oxygen atoms in total. The zero-order valence-electron chi connectivity index (χ0n) is 19.5. The molecule has 0 aliphatic carbocycles. The summed E-state index contributed by atoms with van der Waals surface area (Å²) >= 11 is 1.41. The number of hydrogen-bond acceptors (Lipinski definition) is 4. The van der Waals surface area contributed by atoms with Crippen LogP contribution in [0.5, 0.6) is 0 Å². The maximum Gasteiger partial charge on any atom is 0.266 e. The van der Waals surface area contributed by atoms with E-state index in [-0.39, 0.29) is 11.5 Å². The highest BCUT2D eigenvalue weighted by molar-refractivity contribution is 7.98. The summed E-state index contributed by atoms with van der Waals surface area (Å²) in [6.45, 7) is 3.54. The monoisotopic (exact) mass is 487 g/mol. The first kappa shape index (κ1) is 23.3. The predicted molar refractivity (Wildman–Crippen MR) is 138 cm³/mol. The number of fused-ring (bicyclic) bond motifs is 1. The Morgan fingerprint density at radius 2 is 1.80 bits per heavy atom. The van der Waals surface area contributed by atoms with Crippen LogP contribution in [-0.4, -0.2) is 33.4 Å². The van der Waals surface area contributed by atoms with Gasteiger partial charge in [-0.2, -0.15) is 0 Å². The van der Waals surface area contributed by atoms with Crippen LogP contribution in [0.1, 0.15) is 40.7 Å². The van der Waals surface area contributed by atoms with Gasteiger partial charge in [-0.15, -0.1) is 0 Å². The number of thioether (sulfide) groups is 1. The van der Waals surface area contributed by atoms with E-state index in [0.29, 0.717) is 33.1 Å². The molecule has 5 rings (SSSR count). The molecular weight excluding hydrogens is 461 g/mol. The Morgan fingerprint density at radius 3 is 2.57 bits per heavy atom. The lowest BCUT2D eigenvalue weighted by Crippen LogP contribution is -2.35. The van der Waals surface area contributed by atoms with E-state index in [1.54, 1.807) is 30.3 Å². The number of aromatic nitrogens is 2. The second kappa shape index (κ2) is 10.0. The smallest absolute Gasteiger partial charge is 0.266 e. The Balaban J connectivity index is 1.59. The van der Waals surface area contributed by atoms with Crippen LogP contribution < -0.4 is 5.56 Å². The normalized spacial score (nSPS) is 13.8. The van der Waals surface area contributed by atoms with Gasteiger partial charge in [0, 0.05) is 24.4 Å². The van der Waals surface area contributed by atoms with Crippen molar-refractivity contribution in [3.05, 3.63) is 99.6 Å². The van der Waals surface area contributed by atoms with Crippen molar-refractivity contribution in [2.45, 2.75) is 37.1 Å². The summed E-state index contributed by atoms with van der Waals surface area (Å²) in [6, 6.07) is 19.2. The molecule has 1 aromatic heterocycles. The molecule has 1 aliphatic rings. The van der Waals surface area contributed by atoms with Gasteiger partial charge in [0.2, 0.25) is 0 Å². The van der Waals surface area contributed by atoms with Crippen molar-refractivity contribution in [2.24, 2.45) is 0 Å². The number of nitrogens with zero attached hydrogens (tertiary/aromatic N) is 3. The number of halogens is 1. The quantitative estimate of drug-likeness (QED) is 0.266. The molecule has 1 saturated heterocycles. The number of amides is 1. The van der Waals surface area contributed by atoms with Crippen LogP contribution >= 0.6 is 11.8 Å². The molecule has 7 heteroatoms. The van der Waals surface area contributed by atoms with Crippen LogP contribution in [0, 0.1) is 12.7 Å². The van der Waals surface area contributed by atoms with E-state index in [2.05, 4.69) is 6.07 Å². The van der Waals surface area contributed by atoms with Crippen LogP contribution in [0.4, 0.5) is 4.39 Å². The molecule has 178 valence electrons. The summed E-state index contributed by atoms with van der Waals surface area (Å²) in [5.74, 6) is 0.143. The van der Waals surface area contributed by atoms with E-state index in [1.165, 1.54) is 28.5 Å². The van der Waals surface area contributed by atoms with Crippen molar-refractivity contribution < 1.29 is 9.18 Å². The van der Waals surface area contributed by atoms with Crippen LogP contribution in [0.2, 0.25) is 0 Å². The lowest BCUT2D eigenvalue weighted by atomic mass is 10.1. The molecule has 1 amide bonds. The van der Waals surface area contributed by atoms with Crippen molar-refractivity contribution >= 4 is 28.6 Å². The van der Waals surface area contributed by atoms with E-state index in [0.717, 1.165) is 43.5 Å². The zero-order chi connectivity index (χ0) is 24.4. The van der Waals surface area contributed by atoms with Crippen LogP contribution in [0.3, 0.4) is 0 Å². The van der Waals surface area contributed by atoms with E-state index >= 15 is 0 Å². The molecule has 0 atom stereocenters. The van der Waals surface area contributed by atoms with Gasteiger partial charge >= 0.3 is 0 Å². The van der Waals surface area contributed by atoms with Gasteiger partial charge in [-0.1, -0.05) is 47.7 Å². The fourth-order valence-corrected chi connectivity index (χ4v) is 5.42. The minimum atomic E-state index is -0.424. The predicted octanol–water partition coefficient (Wildman–Crippen LogP) is 5.75. The summed E-state index contributed by atoms with van der Waals surface area (Å²) in [5.41, 5.74) is 3.39. The number of benzene rings is 3. The highest BCUT2D eigenvalue weighted by atomic mass is 32.2. The third-order valence-electron chi connectivity index (χ3n) is 6.25. The van der Waals surface area contributed by atoms with E-state index in [1.807, 2.05) is 30.0 Å². The summed E-state index contributed by atoms with van der Waals surface area (Å²) in [4.78, 5) is 33.3. The molecule has 1 aliphatic heterocycles. The van der Waals surface area contributed by atoms with Gasteiger partial charge in [0.05, 0.1) is 16.6 Å².